The highest BCUT2D eigenvalue weighted by Gasteiger charge is 2.52. The second kappa shape index (κ2) is 22.8. The van der Waals surface area contributed by atoms with Gasteiger partial charge in [0.05, 0.1) is 20.5 Å². The van der Waals surface area contributed by atoms with Gasteiger partial charge in [-0.15, -0.1) is 45.3 Å². The first-order chi connectivity index (χ1) is 31.5. The Morgan fingerprint density at radius 2 is 0.719 bits per heavy atom. The molecule has 0 fully saturated rings. The number of fused-ring (bicyclic) bond motifs is 13. The van der Waals surface area contributed by atoms with Gasteiger partial charge in [-0.25, -0.2) is 0 Å². The van der Waals surface area contributed by atoms with Crippen LogP contribution in [0, 0.1) is 0 Å². The molecule has 8 heteroatoms. The van der Waals surface area contributed by atoms with Crippen molar-refractivity contribution in [2.45, 2.75) is 194 Å². The third-order valence-electron chi connectivity index (χ3n) is 13.8. The molecule has 0 saturated carbocycles. The van der Waals surface area contributed by atoms with E-state index in [0.717, 1.165) is 24.0 Å². The van der Waals surface area contributed by atoms with Gasteiger partial charge in [-0.2, -0.15) is 0 Å². The molecule has 348 valence electrons. The summed E-state index contributed by atoms with van der Waals surface area (Å²) in [6.45, 7) is 15.3. The molecular weight excluding hydrogens is 865 g/mol. The predicted molar refractivity (Wildman–Crippen MR) is 280 cm³/mol. The highest BCUT2D eigenvalue weighted by molar-refractivity contribution is 7.30. The molecule has 0 aliphatic heterocycles. The standard InChI is InChI=1S/C56H76O4S4/c1-7-13-15-17-19-21-23-25-27-29-31-39-37-45-51(61-39)49-53(63-45)47-41-34-36-44-48(42(41)33-35-43(47)55(49,57-9-3)58-10-4)54-50(56(44,59-11-5)60-12-6)52-46(64-54)38-40(62-52)32-30-28-26-24-22-20-18-16-14-8-2/h33-38H,7-32H2,1-6H3. The van der Waals surface area contributed by atoms with E-state index in [1.807, 2.05) is 45.3 Å². The Hall–Kier alpha value is -2.14. The maximum absolute atomic E-state index is 6.88. The van der Waals surface area contributed by atoms with Crippen LogP contribution in [0.1, 0.15) is 202 Å². The molecule has 0 bridgehead atoms. The van der Waals surface area contributed by atoms with Crippen LogP contribution < -0.4 is 0 Å². The molecule has 64 heavy (non-hydrogen) atoms. The first kappa shape index (κ1) is 48.3. The molecule has 2 aromatic carbocycles. The van der Waals surface area contributed by atoms with Crippen molar-refractivity contribution in [2.75, 3.05) is 26.4 Å². The van der Waals surface area contributed by atoms with Crippen LogP contribution in [-0.2, 0) is 43.4 Å². The zero-order valence-electron chi connectivity index (χ0n) is 40.1. The molecule has 0 atom stereocenters. The second-order valence-electron chi connectivity index (χ2n) is 18.3. The fourth-order valence-electron chi connectivity index (χ4n) is 10.9. The lowest BCUT2D eigenvalue weighted by molar-refractivity contribution is -0.209. The number of hydrogen-bond acceptors (Lipinski definition) is 8. The van der Waals surface area contributed by atoms with Gasteiger partial charge in [0.15, 0.2) is 0 Å². The maximum Gasteiger partial charge on any atom is 0.225 e. The fraction of sp³-hybridized carbons (Fsp3) is 0.607. The quantitative estimate of drug-likeness (QED) is 0.0333. The number of aryl methyl sites for hydroxylation is 2. The van der Waals surface area contributed by atoms with Gasteiger partial charge in [-0.1, -0.05) is 154 Å². The van der Waals surface area contributed by atoms with E-state index >= 15 is 0 Å². The topological polar surface area (TPSA) is 36.9 Å². The van der Waals surface area contributed by atoms with Crippen LogP contribution >= 0.6 is 45.3 Å². The lowest BCUT2D eigenvalue weighted by atomic mass is 9.93. The van der Waals surface area contributed by atoms with Crippen LogP contribution in [0.15, 0.2) is 36.4 Å². The lowest BCUT2D eigenvalue weighted by Crippen LogP contribution is -2.32. The molecule has 0 amide bonds. The molecule has 8 rings (SSSR count). The van der Waals surface area contributed by atoms with E-state index in [0.29, 0.717) is 26.4 Å². The van der Waals surface area contributed by atoms with Crippen LogP contribution in [0.3, 0.4) is 0 Å². The van der Waals surface area contributed by atoms with Crippen molar-refractivity contribution in [3.8, 4) is 20.9 Å². The van der Waals surface area contributed by atoms with E-state index in [2.05, 4.69) is 77.9 Å². The molecule has 4 heterocycles. The van der Waals surface area contributed by atoms with E-state index in [1.54, 1.807) is 0 Å². The maximum atomic E-state index is 6.88. The summed E-state index contributed by atoms with van der Waals surface area (Å²) in [4.78, 5) is 5.59. The third-order valence-corrected chi connectivity index (χ3v) is 18.8. The van der Waals surface area contributed by atoms with Gasteiger partial charge in [0, 0.05) is 77.6 Å². The first-order valence-electron chi connectivity index (χ1n) is 25.8. The molecule has 0 saturated heterocycles. The summed E-state index contributed by atoms with van der Waals surface area (Å²) in [5.74, 6) is -1.86. The van der Waals surface area contributed by atoms with Crippen molar-refractivity contribution >= 4 is 74.9 Å². The zero-order valence-corrected chi connectivity index (χ0v) is 43.4. The Morgan fingerprint density at radius 3 is 1.05 bits per heavy atom. The molecule has 0 spiro atoms. The SMILES string of the molecule is CCCCCCCCCCCCc1cc2sc3c(c2s1)C(OCC)(OCC)c1ccc2c4c(ccc2c1-3)C(OCC)(OCC)c1c-4sc2cc(CCCCCCCCCCCC)sc12. The van der Waals surface area contributed by atoms with E-state index in [-0.39, 0.29) is 0 Å². The lowest BCUT2D eigenvalue weighted by Gasteiger charge is -2.31. The van der Waals surface area contributed by atoms with Crippen LogP contribution in [0.2, 0.25) is 0 Å². The summed E-state index contributed by atoms with van der Waals surface area (Å²) in [6, 6.07) is 14.3. The summed E-state index contributed by atoms with van der Waals surface area (Å²) in [7, 11) is 0. The van der Waals surface area contributed by atoms with E-state index < -0.39 is 11.6 Å². The van der Waals surface area contributed by atoms with E-state index in [4.69, 9.17) is 18.9 Å². The van der Waals surface area contributed by atoms with E-state index in [1.165, 1.54) is 200 Å². The van der Waals surface area contributed by atoms with Gasteiger partial charge in [0.25, 0.3) is 0 Å². The molecule has 0 radical (unpaired) electrons. The Balaban J connectivity index is 1.09. The molecule has 4 aromatic heterocycles. The van der Waals surface area contributed by atoms with Crippen LogP contribution in [-0.4, -0.2) is 26.4 Å². The largest absolute Gasteiger partial charge is 0.342 e. The summed E-state index contributed by atoms with van der Waals surface area (Å²) in [5.41, 5.74) is 7.27. The van der Waals surface area contributed by atoms with Crippen molar-refractivity contribution in [1.29, 1.82) is 0 Å². The number of rotatable bonds is 30. The summed E-state index contributed by atoms with van der Waals surface area (Å²) >= 11 is 7.83. The molecule has 6 aromatic rings. The Kier molecular flexibility index (Phi) is 17.2. The van der Waals surface area contributed by atoms with Crippen molar-refractivity contribution in [3.05, 3.63) is 68.4 Å². The zero-order chi connectivity index (χ0) is 44.5. The normalized spacial score (nSPS) is 14.7. The average Bonchev–Trinajstić information content (AvgIpc) is 4.12. The number of benzene rings is 2. The number of hydrogen-bond donors (Lipinski definition) is 0. The number of unbranched alkanes of at least 4 members (excludes halogenated alkanes) is 18. The van der Waals surface area contributed by atoms with Crippen LogP contribution in [0.5, 0.6) is 0 Å². The molecule has 4 nitrogen and oxygen atoms in total. The van der Waals surface area contributed by atoms with Crippen molar-refractivity contribution in [1.82, 2.24) is 0 Å². The van der Waals surface area contributed by atoms with E-state index in [9.17, 15) is 0 Å². The van der Waals surface area contributed by atoms with Crippen molar-refractivity contribution in [3.63, 3.8) is 0 Å². The molecule has 0 N–H and O–H groups in total. The summed E-state index contributed by atoms with van der Waals surface area (Å²) in [6.07, 6.45) is 29.6. The predicted octanol–water partition coefficient (Wildman–Crippen LogP) is 18.8. The fourth-order valence-corrected chi connectivity index (χ4v) is 16.5. The van der Waals surface area contributed by atoms with Crippen LogP contribution in [0.25, 0.3) is 50.5 Å². The number of thiophene rings is 4. The van der Waals surface area contributed by atoms with Crippen molar-refractivity contribution in [2.24, 2.45) is 0 Å². The Morgan fingerprint density at radius 1 is 0.391 bits per heavy atom. The number of ether oxygens (including phenoxy) is 4. The van der Waals surface area contributed by atoms with Crippen molar-refractivity contribution < 1.29 is 18.9 Å². The highest BCUT2D eigenvalue weighted by atomic mass is 32.1. The van der Waals surface area contributed by atoms with Gasteiger partial charge in [-0.3, -0.25) is 0 Å². The minimum absolute atomic E-state index is 0.566. The smallest absolute Gasteiger partial charge is 0.225 e. The Labute approximate surface area is 401 Å². The molecular formula is C56H76O4S4. The molecule has 2 aliphatic rings. The third kappa shape index (κ3) is 9.49. The minimum atomic E-state index is -0.930. The minimum Gasteiger partial charge on any atom is -0.342 e. The Bertz CT molecular complexity index is 2250. The van der Waals surface area contributed by atoms with Gasteiger partial charge >= 0.3 is 0 Å². The molecule has 2 aliphatic carbocycles. The second-order valence-corrected chi connectivity index (χ2v) is 22.7. The van der Waals surface area contributed by atoms with Crippen LogP contribution in [0.4, 0.5) is 0 Å². The molecule has 0 unspecified atom stereocenters. The van der Waals surface area contributed by atoms with Gasteiger partial charge in [0.2, 0.25) is 11.6 Å². The van der Waals surface area contributed by atoms with Gasteiger partial charge in [-0.05, 0) is 76.3 Å². The van der Waals surface area contributed by atoms with Gasteiger partial charge < -0.3 is 18.9 Å². The summed E-state index contributed by atoms with van der Waals surface area (Å²) in [5, 5.41) is 2.51. The first-order valence-corrected chi connectivity index (χ1v) is 29.0. The summed E-state index contributed by atoms with van der Waals surface area (Å²) < 4.78 is 33.0. The monoisotopic (exact) mass is 940 g/mol. The highest BCUT2D eigenvalue weighted by Crippen LogP contribution is 2.64. The average molecular weight is 941 g/mol. The van der Waals surface area contributed by atoms with Gasteiger partial charge in [0.1, 0.15) is 0 Å².